The summed E-state index contributed by atoms with van der Waals surface area (Å²) in [6, 6.07) is 12.5. The quantitative estimate of drug-likeness (QED) is 0.883. The Morgan fingerprint density at radius 3 is 2.39 bits per heavy atom. The van der Waals surface area contributed by atoms with Crippen LogP contribution in [0, 0.1) is 6.92 Å². The molecule has 0 aliphatic rings. The van der Waals surface area contributed by atoms with Gasteiger partial charge in [0.05, 0.1) is 12.8 Å². The summed E-state index contributed by atoms with van der Waals surface area (Å²) in [5.74, 6) is 0.591. The highest BCUT2D eigenvalue weighted by molar-refractivity contribution is 6.01. The summed E-state index contributed by atoms with van der Waals surface area (Å²) in [6.45, 7) is 3.46. The second-order valence-corrected chi connectivity index (χ2v) is 5.31. The number of methoxy groups -OCH3 is 1. The molecule has 0 heterocycles. The zero-order valence-electron chi connectivity index (χ0n) is 13.5. The van der Waals surface area contributed by atoms with E-state index in [1.807, 2.05) is 31.2 Å². The summed E-state index contributed by atoms with van der Waals surface area (Å²) in [5.41, 5.74) is 3.12. The molecule has 0 unspecified atom stereocenters. The number of para-hydroxylation sites is 1. The van der Waals surface area contributed by atoms with Crippen molar-refractivity contribution in [2.24, 2.45) is 0 Å². The number of urea groups is 1. The highest BCUT2D eigenvalue weighted by Crippen LogP contribution is 2.26. The molecule has 5 heteroatoms. The van der Waals surface area contributed by atoms with Gasteiger partial charge in [0.15, 0.2) is 0 Å². The predicted octanol–water partition coefficient (Wildman–Crippen LogP) is 3.78. The molecule has 0 aromatic heterocycles. The van der Waals surface area contributed by atoms with Crippen LogP contribution < -0.4 is 15.4 Å². The molecule has 0 bridgehead atoms. The van der Waals surface area contributed by atoms with Crippen molar-refractivity contribution in [1.82, 2.24) is 0 Å². The number of nitrogens with one attached hydrogen (secondary N) is 2. The summed E-state index contributed by atoms with van der Waals surface area (Å²) in [4.78, 5) is 23.3. The first-order valence-corrected chi connectivity index (χ1v) is 7.29. The Labute approximate surface area is 135 Å². The predicted molar refractivity (Wildman–Crippen MR) is 91.2 cm³/mol. The Morgan fingerprint density at radius 2 is 1.74 bits per heavy atom. The van der Waals surface area contributed by atoms with Gasteiger partial charge in [-0.15, -0.1) is 0 Å². The van der Waals surface area contributed by atoms with Crippen LogP contribution in [0.4, 0.5) is 16.2 Å². The largest absolute Gasteiger partial charge is 0.495 e. The van der Waals surface area contributed by atoms with E-state index in [0.29, 0.717) is 17.9 Å². The number of anilines is 2. The Balaban J connectivity index is 2.11. The Morgan fingerprint density at radius 1 is 1.04 bits per heavy atom. The number of Topliss-reactive ketones (excluding diaryl/α,β-unsaturated/α-hetero) is 1. The average Bonchev–Trinajstić information content (AvgIpc) is 2.50. The van der Waals surface area contributed by atoms with Crippen LogP contribution in [0.2, 0.25) is 0 Å². The molecule has 120 valence electrons. The summed E-state index contributed by atoms with van der Waals surface area (Å²) < 4.78 is 5.29. The van der Waals surface area contributed by atoms with Gasteiger partial charge >= 0.3 is 6.03 Å². The van der Waals surface area contributed by atoms with Crippen molar-refractivity contribution in [1.29, 1.82) is 0 Å². The minimum Gasteiger partial charge on any atom is -0.495 e. The van der Waals surface area contributed by atoms with Gasteiger partial charge in [-0.2, -0.15) is 0 Å². The van der Waals surface area contributed by atoms with Crippen molar-refractivity contribution in [2.75, 3.05) is 17.7 Å². The number of rotatable bonds is 5. The number of ketones is 1. The van der Waals surface area contributed by atoms with E-state index in [1.54, 1.807) is 18.2 Å². The lowest BCUT2D eigenvalue weighted by Crippen LogP contribution is -2.20. The lowest BCUT2D eigenvalue weighted by Gasteiger charge is -2.13. The third-order valence-electron chi connectivity index (χ3n) is 3.36. The molecule has 0 saturated carbocycles. The van der Waals surface area contributed by atoms with Gasteiger partial charge in [0.25, 0.3) is 0 Å². The zero-order chi connectivity index (χ0) is 16.8. The molecule has 0 aliphatic carbocycles. The van der Waals surface area contributed by atoms with Crippen LogP contribution in [0.5, 0.6) is 5.75 Å². The smallest absolute Gasteiger partial charge is 0.323 e. The maximum atomic E-state index is 12.1. The minimum atomic E-state index is -0.350. The van der Waals surface area contributed by atoms with E-state index in [0.717, 1.165) is 16.8 Å². The van der Waals surface area contributed by atoms with E-state index in [-0.39, 0.29) is 11.8 Å². The fourth-order valence-corrected chi connectivity index (χ4v) is 2.23. The van der Waals surface area contributed by atoms with E-state index < -0.39 is 0 Å². The molecule has 0 fully saturated rings. The first-order chi connectivity index (χ1) is 11.0. The van der Waals surface area contributed by atoms with Gasteiger partial charge in [-0.05, 0) is 43.2 Å². The number of aryl methyl sites for hydroxylation is 1. The molecule has 2 N–H and O–H groups in total. The van der Waals surface area contributed by atoms with Crippen molar-refractivity contribution < 1.29 is 14.3 Å². The van der Waals surface area contributed by atoms with Crippen molar-refractivity contribution in [3.8, 4) is 5.75 Å². The Hall–Kier alpha value is -2.82. The maximum Gasteiger partial charge on any atom is 0.323 e. The lowest BCUT2D eigenvalue weighted by atomic mass is 10.1. The minimum absolute atomic E-state index is 0.0741. The molecule has 5 nitrogen and oxygen atoms in total. The van der Waals surface area contributed by atoms with Gasteiger partial charge in [-0.25, -0.2) is 4.79 Å². The second-order valence-electron chi connectivity index (χ2n) is 5.31. The fourth-order valence-electron chi connectivity index (χ4n) is 2.23. The molecule has 2 amide bonds. The van der Waals surface area contributed by atoms with E-state index in [9.17, 15) is 9.59 Å². The van der Waals surface area contributed by atoms with Crippen molar-refractivity contribution in [3.63, 3.8) is 0 Å². The first-order valence-electron chi connectivity index (χ1n) is 7.29. The number of amides is 2. The SMILES string of the molecule is COc1cc(CC(C)=O)ccc1NC(=O)Nc1ccccc1C. The third kappa shape index (κ3) is 4.57. The van der Waals surface area contributed by atoms with Crippen LogP contribution in [0.15, 0.2) is 42.5 Å². The topological polar surface area (TPSA) is 67.4 Å². The number of hydrogen-bond donors (Lipinski definition) is 2. The number of carbonyl (C=O) groups excluding carboxylic acids is 2. The molecular weight excluding hydrogens is 292 g/mol. The monoisotopic (exact) mass is 312 g/mol. The van der Waals surface area contributed by atoms with Crippen LogP contribution in [-0.4, -0.2) is 18.9 Å². The first kappa shape index (κ1) is 16.5. The summed E-state index contributed by atoms with van der Waals surface area (Å²) in [7, 11) is 1.53. The fraction of sp³-hybridized carbons (Fsp3) is 0.222. The van der Waals surface area contributed by atoms with E-state index in [1.165, 1.54) is 14.0 Å². The van der Waals surface area contributed by atoms with Gasteiger partial charge < -0.3 is 15.4 Å². The second kappa shape index (κ2) is 7.45. The summed E-state index contributed by atoms with van der Waals surface area (Å²) >= 11 is 0. The van der Waals surface area contributed by atoms with E-state index in [4.69, 9.17) is 4.74 Å². The van der Waals surface area contributed by atoms with Crippen LogP contribution in [0.3, 0.4) is 0 Å². The van der Waals surface area contributed by atoms with Crippen molar-refractivity contribution >= 4 is 23.2 Å². The van der Waals surface area contributed by atoms with Gasteiger partial charge in [0.2, 0.25) is 0 Å². The van der Waals surface area contributed by atoms with Crippen LogP contribution in [0.1, 0.15) is 18.1 Å². The molecule has 2 aromatic carbocycles. The van der Waals surface area contributed by atoms with Gasteiger partial charge in [0, 0.05) is 12.1 Å². The lowest BCUT2D eigenvalue weighted by molar-refractivity contribution is -0.116. The Bertz CT molecular complexity index is 726. The maximum absolute atomic E-state index is 12.1. The Kier molecular flexibility index (Phi) is 5.36. The molecule has 0 radical (unpaired) electrons. The standard InChI is InChI=1S/C18H20N2O3/c1-12-6-4-5-7-15(12)19-18(22)20-16-9-8-14(10-13(2)21)11-17(16)23-3/h4-9,11H,10H2,1-3H3,(H2,19,20,22). The molecule has 0 aliphatic heterocycles. The van der Waals surface area contributed by atoms with Crippen molar-refractivity contribution in [3.05, 3.63) is 53.6 Å². The summed E-state index contributed by atoms with van der Waals surface area (Å²) in [6.07, 6.45) is 0.339. The molecule has 0 atom stereocenters. The van der Waals surface area contributed by atoms with Crippen LogP contribution in [-0.2, 0) is 11.2 Å². The van der Waals surface area contributed by atoms with Gasteiger partial charge in [0.1, 0.15) is 11.5 Å². The zero-order valence-corrected chi connectivity index (χ0v) is 13.5. The van der Waals surface area contributed by atoms with Gasteiger partial charge in [-0.1, -0.05) is 24.3 Å². The molecule has 0 saturated heterocycles. The van der Waals surface area contributed by atoms with Gasteiger partial charge in [-0.3, -0.25) is 4.79 Å². The normalized spacial score (nSPS) is 10.0. The molecule has 2 rings (SSSR count). The number of ether oxygens (including phenoxy) is 1. The van der Waals surface area contributed by atoms with Crippen LogP contribution in [0.25, 0.3) is 0 Å². The molecule has 23 heavy (non-hydrogen) atoms. The van der Waals surface area contributed by atoms with E-state index >= 15 is 0 Å². The highest BCUT2D eigenvalue weighted by atomic mass is 16.5. The number of benzene rings is 2. The van der Waals surface area contributed by atoms with Crippen LogP contribution >= 0.6 is 0 Å². The van der Waals surface area contributed by atoms with Crippen molar-refractivity contribution in [2.45, 2.75) is 20.3 Å². The molecule has 2 aromatic rings. The van der Waals surface area contributed by atoms with E-state index in [2.05, 4.69) is 10.6 Å². The number of hydrogen-bond acceptors (Lipinski definition) is 3. The summed E-state index contributed by atoms with van der Waals surface area (Å²) in [5, 5.41) is 5.55. The number of carbonyl (C=O) groups is 2. The highest BCUT2D eigenvalue weighted by Gasteiger charge is 2.10. The molecular formula is C18H20N2O3. The molecule has 0 spiro atoms. The average molecular weight is 312 g/mol. The third-order valence-corrected chi connectivity index (χ3v) is 3.36.